The molecule has 1 fully saturated rings. The number of rotatable bonds is 3. The van der Waals surface area contributed by atoms with Crippen LogP contribution >= 0.6 is 27.7 Å². The zero-order valence-electron chi connectivity index (χ0n) is 15.9. The van der Waals surface area contributed by atoms with Crippen LogP contribution in [-0.4, -0.2) is 62.5 Å². The molecule has 3 heterocycles. The van der Waals surface area contributed by atoms with Gasteiger partial charge >= 0.3 is 0 Å². The molecule has 0 radical (unpaired) electrons. The molecule has 150 valence electrons. The molecule has 4 rings (SSSR count). The van der Waals surface area contributed by atoms with E-state index in [2.05, 4.69) is 26.0 Å². The number of aliphatic hydroxyl groups is 1. The average Bonchev–Trinajstić information content (AvgIpc) is 2.93. The fourth-order valence-corrected chi connectivity index (χ4v) is 4.53. The lowest BCUT2D eigenvalue weighted by atomic mass is 10.1. The highest BCUT2D eigenvalue weighted by Gasteiger charge is 2.31. The highest BCUT2D eigenvalue weighted by atomic mass is 79.9. The lowest BCUT2D eigenvalue weighted by Crippen LogP contribution is -2.42. The van der Waals surface area contributed by atoms with Crippen molar-refractivity contribution in [1.29, 1.82) is 0 Å². The number of aryl methyl sites for hydroxylation is 1. The van der Waals surface area contributed by atoms with Crippen molar-refractivity contribution < 1.29 is 14.2 Å². The first-order valence-electron chi connectivity index (χ1n) is 9.00. The van der Waals surface area contributed by atoms with Crippen molar-refractivity contribution in [2.24, 2.45) is 7.05 Å². The van der Waals surface area contributed by atoms with E-state index in [9.17, 15) is 5.11 Å². The van der Waals surface area contributed by atoms with Crippen LogP contribution in [0.4, 0.5) is 10.2 Å². The van der Waals surface area contributed by atoms with Gasteiger partial charge in [0.2, 0.25) is 0 Å². The minimum atomic E-state index is -1.03. The third-order valence-electron chi connectivity index (χ3n) is 4.60. The molecule has 10 heteroatoms. The van der Waals surface area contributed by atoms with Gasteiger partial charge in [0.15, 0.2) is 11.0 Å². The summed E-state index contributed by atoms with van der Waals surface area (Å²) in [6, 6.07) is 0. The van der Waals surface area contributed by atoms with Gasteiger partial charge in [0, 0.05) is 25.2 Å². The first-order valence-corrected chi connectivity index (χ1v) is 10.8. The van der Waals surface area contributed by atoms with Gasteiger partial charge in [-0.05, 0) is 28.6 Å². The Hall–Kier alpha value is -1.49. The van der Waals surface area contributed by atoms with E-state index in [4.69, 9.17) is 9.72 Å². The zero-order valence-corrected chi connectivity index (χ0v) is 18.3. The van der Waals surface area contributed by atoms with Crippen LogP contribution in [0.15, 0.2) is 15.8 Å². The standard InChI is InChI=1S/C18H21BrFN5O2S/c1-4-28-17-21-15-11(10-7-24(3)23-14(10)12(19)13(15)20)16(22-17)25-5-6-27-9-18(2,26)8-25/h7,26H,4-6,8-9H2,1-3H3. The molecule has 1 saturated heterocycles. The Labute approximate surface area is 174 Å². The first kappa shape index (κ1) is 19.8. The monoisotopic (exact) mass is 469 g/mol. The maximum atomic E-state index is 15.2. The van der Waals surface area contributed by atoms with Crippen molar-refractivity contribution in [3.8, 4) is 0 Å². The molecule has 0 aliphatic carbocycles. The summed E-state index contributed by atoms with van der Waals surface area (Å²) in [6.45, 7) is 5.29. The normalized spacial score (nSPS) is 20.9. The zero-order chi connectivity index (χ0) is 20.1. The molecule has 1 atom stereocenters. The largest absolute Gasteiger partial charge is 0.386 e. The number of aromatic nitrogens is 4. The van der Waals surface area contributed by atoms with Crippen LogP contribution in [-0.2, 0) is 11.8 Å². The summed E-state index contributed by atoms with van der Waals surface area (Å²) in [4.78, 5) is 11.2. The first-order chi connectivity index (χ1) is 13.3. The van der Waals surface area contributed by atoms with Crippen LogP contribution in [0.3, 0.4) is 0 Å². The Morgan fingerprint density at radius 2 is 2.18 bits per heavy atom. The number of β-amino-alcohol motifs (C(OH)–C–C–N with tert-alkyl or cyclic N) is 1. The molecule has 7 nitrogen and oxygen atoms in total. The molecule has 0 spiro atoms. The van der Waals surface area contributed by atoms with Crippen molar-refractivity contribution in [3.63, 3.8) is 0 Å². The quantitative estimate of drug-likeness (QED) is 0.466. The topological polar surface area (TPSA) is 76.3 Å². The van der Waals surface area contributed by atoms with Gasteiger partial charge in [-0.1, -0.05) is 18.7 Å². The lowest BCUT2D eigenvalue weighted by molar-refractivity contribution is -0.0123. The third kappa shape index (κ3) is 3.47. The molecule has 1 N–H and O–H groups in total. The highest BCUT2D eigenvalue weighted by molar-refractivity contribution is 9.10. The van der Waals surface area contributed by atoms with E-state index >= 15 is 4.39 Å². The number of fused-ring (bicyclic) bond motifs is 3. The van der Waals surface area contributed by atoms with Crippen molar-refractivity contribution >= 4 is 55.3 Å². The van der Waals surface area contributed by atoms with Crippen LogP contribution in [0.25, 0.3) is 21.8 Å². The predicted octanol–water partition coefficient (Wildman–Crippen LogP) is 3.12. The molecule has 2 aromatic heterocycles. The van der Waals surface area contributed by atoms with Crippen molar-refractivity contribution in [1.82, 2.24) is 19.7 Å². The Balaban J connectivity index is 2.05. The molecule has 0 amide bonds. The second-order valence-corrected chi connectivity index (χ2v) is 9.17. The van der Waals surface area contributed by atoms with E-state index in [0.717, 1.165) is 11.1 Å². The van der Waals surface area contributed by atoms with Gasteiger partial charge in [0.05, 0.1) is 29.6 Å². The van der Waals surface area contributed by atoms with Crippen LogP contribution < -0.4 is 4.90 Å². The summed E-state index contributed by atoms with van der Waals surface area (Å²) in [5, 5.41) is 16.9. The van der Waals surface area contributed by atoms with Crippen LogP contribution in [0.1, 0.15) is 13.8 Å². The molecule has 28 heavy (non-hydrogen) atoms. The number of nitrogens with zero attached hydrogens (tertiary/aromatic N) is 5. The summed E-state index contributed by atoms with van der Waals surface area (Å²) < 4.78 is 22.7. The Morgan fingerprint density at radius 1 is 1.39 bits per heavy atom. The number of hydrogen-bond donors (Lipinski definition) is 1. The number of ether oxygens (including phenoxy) is 1. The van der Waals surface area contributed by atoms with E-state index < -0.39 is 11.4 Å². The molecule has 1 aromatic carbocycles. The third-order valence-corrected chi connectivity index (χ3v) is 6.05. The second kappa shape index (κ2) is 7.40. The van der Waals surface area contributed by atoms with Gasteiger partial charge in [-0.15, -0.1) is 0 Å². The van der Waals surface area contributed by atoms with Gasteiger partial charge in [-0.2, -0.15) is 5.10 Å². The van der Waals surface area contributed by atoms with Gasteiger partial charge in [0.25, 0.3) is 0 Å². The molecule has 0 bridgehead atoms. The summed E-state index contributed by atoms with van der Waals surface area (Å²) in [5.41, 5.74) is -0.266. The number of hydrogen-bond acceptors (Lipinski definition) is 7. The number of thioether (sulfide) groups is 1. The molecule has 0 saturated carbocycles. The fourth-order valence-electron chi connectivity index (χ4n) is 3.48. The summed E-state index contributed by atoms with van der Waals surface area (Å²) in [7, 11) is 1.79. The molecule has 1 aliphatic rings. The van der Waals surface area contributed by atoms with Gasteiger partial charge in [0.1, 0.15) is 22.5 Å². The summed E-state index contributed by atoms with van der Waals surface area (Å²) in [6.07, 6.45) is 1.84. The van der Waals surface area contributed by atoms with Crippen LogP contribution in [0.5, 0.6) is 0 Å². The van der Waals surface area contributed by atoms with Crippen molar-refractivity contribution in [2.75, 3.05) is 37.0 Å². The highest BCUT2D eigenvalue weighted by Crippen LogP contribution is 2.39. The maximum Gasteiger partial charge on any atom is 0.190 e. The Kier molecular flexibility index (Phi) is 5.24. The smallest absolute Gasteiger partial charge is 0.190 e. The summed E-state index contributed by atoms with van der Waals surface area (Å²) >= 11 is 4.79. The molecule has 1 unspecified atom stereocenters. The van der Waals surface area contributed by atoms with Crippen molar-refractivity contribution in [3.05, 3.63) is 16.5 Å². The van der Waals surface area contributed by atoms with E-state index in [1.807, 2.05) is 18.0 Å². The minimum absolute atomic E-state index is 0.241. The molecule has 3 aromatic rings. The molecule has 1 aliphatic heterocycles. The van der Waals surface area contributed by atoms with E-state index in [1.54, 1.807) is 18.7 Å². The van der Waals surface area contributed by atoms with Crippen molar-refractivity contribution in [2.45, 2.75) is 24.6 Å². The molecular formula is C18H21BrFN5O2S. The van der Waals surface area contributed by atoms with Crippen LogP contribution in [0.2, 0.25) is 0 Å². The van der Waals surface area contributed by atoms with E-state index in [-0.39, 0.29) is 12.1 Å². The Morgan fingerprint density at radius 3 is 2.93 bits per heavy atom. The summed E-state index contributed by atoms with van der Waals surface area (Å²) in [5.74, 6) is 0.903. The fraction of sp³-hybridized carbons (Fsp3) is 0.500. The predicted molar refractivity (Wildman–Crippen MR) is 112 cm³/mol. The van der Waals surface area contributed by atoms with E-state index in [1.165, 1.54) is 11.8 Å². The van der Waals surface area contributed by atoms with E-state index in [0.29, 0.717) is 46.0 Å². The SMILES string of the molecule is CCSc1nc(N2CCOCC(C)(O)C2)c2c(n1)c(F)c(Br)c1nn(C)cc12. The molecular weight excluding hydrogens is 449 g/mol. The number of benzene rings is 1. The van der Waals surface area contributed by atoms with Gasteiger partial charge in [-0.25, -0.2) is 14.4 Å². The lowest BCUT2D eigenvalue weighted by Gasteiger charge is -2.29. The maximum absolute atomic E-state index is 15.2. The minimum Gasteiger partial charge on any atom is -0.386 e. The van der Waals surface area contributed by atoms with Gasteiger partial charge < -0.3 is 14.7 Å². The Bertz CT molecular complexity index is 1060. The van der Waals surface area contributed by atoms with Gasteiger partial charge in [-0.3, -0.25) is 4.68 Å². The average molecular weight is 470 g/mol. The number of anilines is 1. The van der Waals surface area contributed by atoms with Crippen LogP contribution in [0, 0.1) is 5.82 Å². The number of halogens is 2. The second-order valence-electron chi connectivity index (χ2n) is 7.15.